The van der Waals surface area contributed by atoms with Crippen LogP contribution in [0.15, 0.2) is 0 Å². The molecule has 98 valence electrons. The fourth-order valence-electron chi connectivity index (χ4n) is 2.87. The van der Waals surface area contributed by atoms with Crippen molar-refractivity contribution in [1.29, 1.82) is 0 Å². The first-order valence-corrected chi connectivity index (χ1v) is 7.83. The molecule has 2 aliphatic rings. The molecule has 3 nitrogen and oxygen atoms in total. The van der Waals surface area contributed by atoms with Crippen LogP contribution in [-0.4, -0.2) is 35.5 Å². The van der Waals surface area contributed by atoms with E-state index in [1.165, 1.54) is 11.5 Å². The zero-order valence-corrected chi connectivity index (χ0v) is 11.4. The molecule has 0 aromatic heterocycles. The number of thioether (sulfide) groups is 1. The second kappa shape index (κ2) is 5.72. The van der Waals surface area contributed by atoms with E-state index in [1.807, 2.05) is 18.7 Å². The lowest BCUT2D eigenvalue weighted by atomic mass is 9.78. The van der Waals surface area contributed by atoms with Crippen LogP contribution in [0.25, 0.3) is 0 Å². The maximum Gasteiger partial charge on any atom is 0.152 e. The summed E-state index contributed by atoms with van der Waals surface area (Å²) in [5.74, 6) is 2.73. The number of carbonyl (C=O) groups excluding carboxylic acids is 1. The lowest BCUT2D eigenvalue weighted by molar-refractivity contribution is -0.139. The average molecular weight is 257 g/mol. The Hall–Kier alpha value is -0.0600. The molecule has 2 atom stereocenters. The van der Waals surface area contributed by atoms with E-state index in [1.54, 1.807) is 0 Å². The SMILES string of the molecule is CCC(N)C(=O)C1CCOC2(CCSCC2)C1. The molecule has 2 heterocycles. The molecule has 0 amide bonds. The third kappa shape index (κ3) is 3.04. The first-order chi connectivity index (χ1) is 8.17. The molecule has 0 radical (unpaired) electrons. The van der Waals surface area contributed by atoms with Crippen LogP contribution in [0.2, 0.25) is 0 Å². The van der Waals surface area contributed by atoms with E-state index >= 15 is 0 Å². The Labute approximate surface area is 108 Å². The predicted molar refractivity (Wildman–Crippen MR) is 71.2 cm³/mol. The molecule has 0 aliphatic carbocycles. The van der Waals surface area contributed by atoms with Gasteiger partial charge in [0.25, 0.3) is 0 Å². The molecule has 2 rings (SSSR count). The van der Waals surface area contributed by atoms with Gasteiger partial charge in [-0.15, -0.1) is 0 Å². The topological polar surface area (TPSA) is 52.3 Å². The van der Waals surface area contributed by atoms with E-state index in [9.17, 15) is 4.79 Å². The number of ketones is 1. The van der Waals surface area contributed by atoms with Crippen molar-refractivity contribution >= 4 is 17.5 Å². The van der Waals surface area contributed by atoms with Crippen molar-refractivity contribution in [2.24, 2.45) is 11.7 Å². The first-order valence-electron chi connectivity index (χ1n) is 6.68. The van der Waals surface area contributed by atoms with Gasteiger partial charge in [-0.25, -0.2) is 0 Å². The van der Waals surface area contributed by atoms with Gasteiger partial charge in [0.1, 0.15) is 0 Å². The van der Waals surface area contributed by atoms with Gasteiger partial charge in [0.15, 0.2) is 5.78 Å². The molecule has 0 saturated carbocycles. The average Bonchev–Trinajstić information content (AvgIpc) is 2.38. The molecule has 0 aromatic carbocycles. The van der Waals surface area contributed by atoms with E-state index in [4.69, 9.17) is 10.5 Å². The van der Waals surface area contributed by atoms with Crippen molar-refractivity contribution < 1.29 is 9.53 Å². The summed E-state index contributed by atoms with van der Waals surface area (Å²) >= 11 is 1.99. The van der Waals surface area contributed by atoms with Crippen LogP contribution in [0.5, 0.6) is 0 Å². The number of nitrogens with two attached hydrogens (primary N) is 1. The number of Topliss-reactive ketones (excluding diaryl/α,β-unsaturated/α-hetero) is 1. The van der Waals surface area contributed by atoms with Gasteiger partial charge >= 0.3 is 0 Å². The molecule has 2 saturated heterocycles. The number of rotatable bonds is 3. The molecule has 0 bridgehead atoms. The second-order valence-electron chi connectivity index (χ2n) is 5.25. The van der Waals surface area contributed by atoms with Crippen molar-refractivity contribution in [2.45, 2.75) is 50.7 Å². The summed E-state index contributed by atoms with van der Waals surface area (Å²) in [5.41, 5.74) is 5.87. The maximum absolute atomic E-state index is 12.2. The zero-order valence-electron chi connectivity index (χ0n) is 10.6. The van der Waals surface area contributed by atoms with Gasteiger partial charge in [-0.1, -0.05) is 6.92 Å². The summed E-state index contributed by atoms with van der Waals surface area (Å²) in [4.78, 5) is 12.2. The summed E-state index contributed by atoms with van der Waals surface area (Å²) in [7, 11) is 0. The third-order valence-corrected chi connectivity index (χ3v) is 5.09. The molecule has 17 heavy (non-hydrogen) atoms. The molecular weight excluding hydrogens is 234 g/mol. The minimum atomic E-state index is -0.270. The highest BCUT2D eigenvalue weighted by atomic mass is 32.2. The first kappa shape index (κ1) is 13.4. The van der Waals surface area contributed by atoms with E-state index in [-0.39, 0.29) is 23.3 Å². The van der Waals surface area contributed by atoms with Gasteiger partial charge in [0.05, 0.1) is 11.6 Å². The van der Waals surface area contributed by atoms with Crippen LogP contribution < -0.4 is 5.73 Å². The fourth-order valence-corrected chi connectivity index (χ4v) is 4.10. The van der Waals surface area contributed by atoms with Crippen LogP contribution in [0.3, 0.4) is 0 Å². The van der Waals surface area contributed by atoms with Crippen LogP contribution >= 0.6 is 11.8 Å². The van der Waals surface area contributed by atoms with Gasteiger partial charge in [0.2, 0.25) is 0 Å². The maximum atomic E-state index is 12.2. The number of hydrogen-bond donors (Lipinski definition) is 1. The van der Waals surface area contributed by atoms with Crippen molar-refractivity contribution in [3.63, 3.8) is 0 Å². The molecular formula is C13H23NO2S. The van der Waals surface area contributed by atoms with Crippen LogP contribution in [0.1, 0.15) is 39.0 Å². The van der Waals surface area contributed by atoms with Gasteiger partial charge in [-0.2, -0.15) is 11.8 Å². The Kier molecular flexibility index (Phi) is 4.50. The fraction of sp³-hybridized carbons (Fsp3) is 0.923. The molecule has 1 spiro atoms. The Bertz CT molecular complexity index is 271. The highest BCUT2D eigenvalue weighted by Gasteiger charge is 2.41. The summed E-state index contributed by atoms with van der Waals surface area (Å²) in [6, 6.07) is -0.270. The van der Waals surface area contributed by atoms with Gasteiger partial charge in [0, 0.05) is 12.5 Å². The summed E-state index contributed by atoms with van der Waals surface area (Å²) in [6.45, 7) is 2.71. The molecule has 0 aromatic rings. The van der Waals surface area contributed by atoms with Crippen LogP contribution in [0, 0.1) is 5.92 Å². The lowest BCUT2D eigenvalue weighted by Gasteiger charge is -2.43. The van der Waals surface area contributed by atoms with Crippen molar-refractivity contribution in [3.05, 3.63) is 0 Å². The van der Waals surface area contributed by atoms with Gasteiger partial charge in [-0.3, -0.25) is 4.79 Å². The quantitative estimate of drug-likeness (QED) is 0.840. The summed E-state index contributed by atoms with van der Waals surface area (Å²) < 4.78 is 5.99. The molecule has 2 unspecified atom stereocenters. The Morgan fingerprint density at radius 2 is 2.24 bits per heavy atom. The lowest BCUT2D eigenvalue weighted by Crippen LogP contribution is -2.47. The van der Waals surface area contributed by atoms with E-state index in [2.05, 4.69) is 0 Å². The van der Waals surface area contributed by atoms with E-state index in [0.29, 0.717) is 0 Å². The second-order valence-corrected chi connectivity index (χ2v) is 6.48. The summed E-state index contributed by atoms with van der Waals surface area (Å²) in [6.07, 6.45) is 4.71. The van der Waals surface area contributed by atoms with Crippen molar-refractivity contribution in [1.82, 2.24) is 0 Å². The molecule has 2 fully saturated rings. The Morgan fingerprint density at radius 1 is 1.53 bits per heavy atom. The molecule has 2 N–H and O–H groups in total. The molecule has 2 aliphatic heterocycles. The smallest absolute Gasteiger partial charge is 0.152 e. The Morgan fingerprint density at radius 3 is 2.88 bits per heavy atom. The van der Waals surface area contributed by atoms with E-state index < -0.39 is 0 Å². The minimum Gasteiger partial charge on any atom is -0.375 e. The summed E-state index contributed by atoms with van der Waals surface area (Å²) in [5, 5.41) is 0. The van der Waals surface area contributed by atoms with Gasteiger partial charge in [-0.05, 0) is 43.6 Å². The highest BCUT2D eigenvalue weighted by molar-refractivity contribution is 7.99. The van der Waals surface area contributed by atoms with Crippen LogP contribution in [-0.2, 0) is 9.53 Å². The van der Waals surface area contributed by atoms with Crippen molar-refractivity contribution in [3.8, 4) is 0 Å². The van der Waals surface area contributed by atoms with Crippen LogP contribution in [0.4, 0.5) is 0 Å². The number of ether oxygens (including phenoxy) is 1. The van der Waals surface area contributed by atoms with Gasteiger partial charge < -0.3 is 10.5 Å². The predicted octanol–water partition coefficient (Wildman–Crippen LogP) is 1.99. The monoisotopic (exact) mass is 257 g/mol. The minimum absolute atomic E-state index is 0.00269. The highest BCUT2D eigenvalue weighted by Crippen LogP contribution is 2.40. The third-order valence-electron chi connectivity index (χ3n) is 4.10. The van der Waals surface area contributed by atoms with E-state index in [0.717, 1.165) is 38.7 Å². The zero-order chi connectivity index (χ0) is 12.3. The van der Waals surface area contributed by atoms with Crippen molar-refractivity contribution in [2.75, 3.05) is 18.1 Å². The number of hydrogen-bond acceptors (Lipinski definition) is 4. The standard InChI is InChI=1S/C13H23NO2S/c1-2-11(14)12(15)10-3-6-16-13(9-10)4-7-17-8-5-13/h10-11H,2-9,14H2,1H3. The largest absolute Gasteiger partial charge is 0.375 e. The Balaban J connectivity index is 1.98. The normalized spacial score (nSPS) is 30.1. The number of carbonyl (C=O) groups is 1. The molecule has 4 heteroatoms.